The minimum Gasteiger partial charge on any atom is -0.384 e. The molecule has 4 nitrogen and oxygen atoms in total. The average molecular weight is 186 g/mol. The fourth-order valence-electron chi connectivity index (χ4n) is 0.756. The van der Waals surface area contributed by atoms with E-state index in [9.17, 15) is 10.1 Å². The molecule has 0 aromatic rings. The lowest BCUT2D eigenvalue weighted by Gasteiger charge is -2.10. The molecule has 0 saturated carbocycles. The van der Waals surface area contributed by atoms with Crippen molar-refractivity contribution in [3.8, 4) is 0 Å². The Bertz CT molecular complexity index is 176. The molecule has 1 unspecified atom stereocenters. The van der Waals surface area contributed by atoms with Crippen molar-refractivity contribution in [1.82, 2.24) is 5.32 Å². The van der Waals surface area contributed by atoms with Gasteiger partial charge in [-0.15, -0.1) is 0 Å². The lowest BCUT2D eigenvalue weighted by molar-refractivity contribution is -0.519. The van der Waals surface area contributed by atoms with Crippen molar-refractivity contribution in [1.29, 1.82) is 0 Å². The Morgan fingerprint density at radius 2 is 2.08 bits per heavy atom. The number of hydrogen-bond donors (Lipinski definition) is 1. The van der Waals surface area contributed by atoms with E-state index in [-0.39, 0.29) is 4.92 Å². The van der Waals surface area contributed by atoms with Gasteiger partial charge in [0.2, 0.25) is 6.04 Å². The summed E-state index contributed by atoms with van der Waals surface area (Å²) in [5.41, 5.74) is 0. The Labute approximate surface area is 79.2 Å². The molecule has 1 aliphatic rings. The van der Waals surface area contributed by atoms with E-state index in [1.807, 2.05) is 0 Å². The SMILES string of the molecule is CC(C)C.O=[N+]([O-])C1CC=CNC1. The van der Waals surface area contributed by atoms with Crippen molar-refractivity contribution < 1.29 is 4.92 Å². The van der Waals surface area contributed by atoms with Gasteiger partial charge >= 0.3 is 0 Å². The van der Waals surface area contributed by atoms with Crippen LogP contribution in [0.25, 0.3) is 0 Å². The van der Waals surface area contributed by atoms with Gasteiger partial charge in [0, 0.05) is 11.3 Å². The molecule has 0 radical (unpaired) electrons. The van der Waals surface area contributed by atoms with Crippen LogP contribution in [0.4, 0.5) is 0 Å². The molecule has 4 heteroatoms. The normalized spacial score (nSPS) is 20.2. The highest BCUT2D eigenvalue weighted by Crippen LogP contribution is 2.00. The van der Waals surface area contributed by atoms with E-state index in [4.69, 9.17) is 0 Å². The molecule has 0 saturated heterocycles. The molecule has 0 spiro atoms. The molecule has 0 bridgehead atoms. The van der Waals surface area contributed by atoms with Crippen molar-refractivity contribution in [2.75, 3.05) is 6.54 Å². The Morgan fingerprint density at radius 1 is 1.54 bits per heavy atom. The molecular formula is C9H18N2O2. The molecule has 0 fully saturated rings. The molecule has 1 atom stereocenters. The molecular weight excluding hydrogens is 168 g/mol. The summed E-state index contributed by atoms with van der Waals surface area (Å²) in [5, 5.41) is 12.9. The highest BCUT2D eigenvalue weighted by Gasteiger charge is 2.18. The van der Waals surface area contributed by atoms with Crippen LogP contribution in [0.1, 0.15) is 27.2 Å². The third-order valence-corrected chi connectivity index (χ3v) is 1.30. The fraction of sp³-hybridized carbons (Fsp3) is 0.778. The van der Waals surface area contributed by atoms with Gasteiger partial charge in [0.15, 0.2) is 0 Å². The van der Waals surface area contributed by atoms with Crippen LogP contribution in [0.2, 0.25) is 0 Å². The Morgan fingerprint density at radius 3 is 2.31 bits per heavy atom. The Hall–Kier alpha value is -1.06. The lowest BCUT2D eigenvalue weighted by Crippen LogP contribution is -2.32. The van der Waals surface area contributed by atoms with Crippen molar-refractivity contribution >= 4 is 0 Å². The highest BCUT2D eigenvalue weighted by atomic mass is 16.6. The third kappa shape index (κ3) is 7.31. The molecule has 0 aromatic heterocycles. The third-order valence-electron chi connectivity index (χ3n) is 1.30. The van der Waals surface area contributed by atoms with Crippen molar-refractivity contribution in [2.45, 2.75) is 33.2 Å². The predicted molar refractivity (Wildman–Crippen MR) is 53.1 cm³/mol. The van der Waals surface area contributed by atoms with Crippen LogP contribution in [0.5, 0.6) is 0 Å². The van der Waals surface area contributed by atoms with Gasteiger partial charge in [0.1, 0.15) is 0 Å². The van der Waals surface area contributed by atoms with Gasteiger partial charge in [-0.3, -0.25) is 10.1 Å². The van der Waals surface area contributed by atoms with E-state index in [1.54, 1.807) is 12.3 Å². The van der Waals surface area contributed by atoms with E-state index >= 15 is 0 Å². The lowest BCUT2D eigenvalue weighted by atomic mass is 10.2. The van der Waals surface area contributed by atoms with Crippen LogP contribution >= 0.6 is 0 Å². The summed E-state index contributed by atoms with van der Waals surface area (Å²) in [6.07, 6.45) is 4.08. The maximum atomic E-state index is 10.1. The number of rotatable bonds is 1. The molecule has 0 aliphatic carbocycles. The van der Waals surface area contributed by atoms with Gasteiger partial charge in [0.25, 0.3) is 0 Å². The zero-order valence-corrected chi connectivity index (χ0v) is 8.49. The first-order valence-electron chi connectivity index (χ1n) is 4.56. The second-order valence-electron chi connectivity index (χ2n) is 3.72. The first-order chi connectivity index (χ1) is 6.04. The van der Waals surface area contributed by atoms with Crippen LogP contribution < -0.4 is 5.32 Å². The molecule has 1 N–H and O–H groups in total. The fourth-order valence-corrected chi connectivity index (χ4v) is 0.756. The Kier molecular flexibility index (Phi) is 5.93. The first-order valence-corrected chi connectivity index (χ1v) is 4.56. The molecule has 1 rings (SSSR count). The van der Waals surface area contributed by atoms with E-state index in [0.717, 1.165) is 5.92 Å². The largest absolute Gasteiger partial charge is 0.384 e. The minimum absolute atomic E-state index is 0.253. The smallest absolute Gasteiger partial charge is 0.233 e. The summed E-state index contributed by atoms with van der Waals surface area (Å²) in [6.45, 7) is 6.96. The quantitative estimate of drug-likeness (QED) is 0.502. The van der Waals surface area contributed by atoms with Crippen LogP contribution in [0.15, 0.2) is 12.3 Å². The van der Waals surface area contributed by atoms with Crippen molar-refractivity contribution in [3.63, 3.8) is 0 Å². The standard InChI is InChI=1S/C5H8N2O2.C4H10/c8-7(9)5-2-1-3-6-4-5;1-4(2)3/h1,3,5-6H,2,4H2;4H,1-3H3. The molecule has 1 aliphatic heterocycles. The van der Waals surface area contributed by atoms with Crippen LogP contribution in [-0.2, 0) is 0 Å². The zero-order valence-electron chi connectivity index (χ0n) is 8.49. The highest BCUT2D eigenvalue weighted by molar-refractivity contribution is 4.88. The maximum absolute atomic E-state index is 10.1. The summed E-state index contributed by atoms with van der Waals surface area (Å²) in [5.74, 6) is 0.833. The summed E-state index contributed by atoms with van der Waals surface area (Å²) in [4.78, 5) is 9.83. The van der Waals surface area contributed by atoms with E-state index in [0.29, 0.717) is 13.0 Å². The first kappa shape index (κ1) is 11.9. The van der Waals surface area contributed by atoms with Crippen molar-refractivity contribution in [2.24, 2.45) is 5.92 Å². The molecule has 76 valence electrons. The molecule has 0 aromatic carbocycles. The zero-order chi connectivity index (χ0) is 10.3. The maximum Gasteiger partial charge on any atom is 0.233 e. The van der Waals surface area contributed by atoms with Crippen LogP contribution in [-0.4, -0.2) is 17.5 Å². The van der Waals surface area contributed by atoms with E-state index < -0.39 is 6.04 Å². The van der Waals surface area contributed by atoms with Gasteiger partial charge in [-0.2, -0.15) is 0 Å². The summed E-state index contributed by atoms with van der Waals surface area (Å²) in [6, 6.07) is -0.421. The van der Waals surface area contributed by atoms with Gasteiger partial charge < -0.3 is 5.32 Å². The van der Waals surface area contributed by atoms with E-state index in [2.05, 4.69) is 26.1 Å². The average Bonchev–Trinajstić information content (AvgIpc) is 2.05. The number of hydrogen-bond acceptors (Lipinski definition) is 3. The van der Waals surface area contributed by atoms with Crippen molar-refractivity contribution in [3.05, 3.63) is 22.4 Å². The number of nitrogens with one attached hydrogen (secondary N) is 1. The van der Waals surface area contributed by atoms with Gasteiger partial charge in [0.05, 0.1) is 6.54 Å². The summed E-state index contributed by atoms with van der Waals surface area (Å²) >= 11 is 0. The van der Waals surface area contributed by atoms with Crippen LogP contribution in [0, 0.1) is 16.0 Å². The van der Waals surface area contributed by atoms with E-state index in [1.165, 1.54) is 0 Å². The topological polar surface area (TPSA) is 55.2 Å². The predicted octanol–water partition coefficient (Wildman–Crippen LogP) is 1.80. The number of nitrogens with zero attached hydrogens (tertiary/aromatic N) is 1. The molecule has 13 heavy (non-hydrogen) atoms. The summed E-state index contributed by atoms with van der Waals surface area (Å²) < 4.78 is 0. The van der Waals surface area contributed by atoms with Gasteiger partial charge in [-0.05, 0) is 12.1 Å². The van der Waals surface area contributed by atoms with Gasteiger partial charge in [-0.25, -0.2) is 0 Å². The number of nitro groups is 1. The summed E-state index contributed by atoms with van der Waals surface area (Å²) in [7, 11) is 0. The van der Waals surface area contributed by atoms with Gasteiger partial charge in [-0.1, -0.05) is 26.8 Å². The Balaban J connectivity index is 0.000000310. The molecule has 0 amide bonds. The minimum atomic E-state index is -0.421. The monoisotopic (exact) mass is 186 g/mol. The second kappa shape index (κ2) is 6.46. The molecule has 1 heterocycles. The van der Waals surface area contributed by atoms with Crippen LogP contribution in [0.3, 0.4) is 0 Å². The second-order valence-corrected chi connectivity index (χ2v) is 3.72.